The molecule has 0 aliphatic carbocycles. The van der Waals surface area contributed by atoms with Crippen molar-refractivity contribution in [1.82, 2.24) is 4.90 Å². The highest BCUT2D eigenvalue weighted by atomic mass is 35.5. The summed E-state index contributed by atoms with van der Waals surface area (Å²) in [7, 11) is 0. The van der Waals surface area contributed by atoms with Gasteiger partial charge in [0.1, 0.15) is 0 Å². The third-order valence-corrected chi connectivity index (χ3v) is 2.08. The molecule has 0 aromatic carbocycles. The molecule has 1 nitrogen and oxygen atoms in total. The third-order valence-electron chi connectivity index (χ3n) is 1.91. The van der Waals surface area contributed by atoms with Crippen molar-refractivity contribution >= 4 is 11.6 Å². The normalized spacial score (nSPS) is 29.3. The van der Waals surface area contributed by atoms with Crippen molar-refractivity contribution in [3.63, 3.8) is 0 Å². The van der Waals surface area contributed by atoms with Gasteiger partial charge in [-0.3, -0.25) is 0 Å². The second-order valence-electron chi connectivity index (χ2n) is 2.88. The Labute approximate surface area is 62.0 Å². The number of alkyl halides is 1. The summed E-state index contributed by atoms with van der Waals surface area (Å²) in [5.74, 6) is 1.68. The Hall–Kier alpha value is 0.250. The van der Waals surface area contributed by atoms with Crippen LogP contribution in [0.2, 0.25) is 0 Å². The lowest BCUT2D eigenvalue weighted by Crippen LogP contribution is -2.22. The number of hydrogen-bond acceptors (Lipinski definition) is 1. The van der Waals surface area contributed by atoms with Gasteiger partial charge in [-0.1, -0.05) is 6.92 Å². The van der Waals surface area contributed by atoms with Gasteiger partial charge in [-0.05, 0) is 18.9 Å². The molecule has 0 spiro atoms. The number of nitrogens with zero attached hydrogens (tertiary/aromatic N) is 1. The van der Waals surface area contributed by atoms with Gasteiger partial charge in [-0.2, -0.15) is 0 Å². The minimum Gasteiger partial charge on any atom is -0.302 e. The summed E-state index contributed by atoms with van der Waals surface area (Å²) in [5, 5.41) is 0. The Balaban J connectivity index is 2.14. The zero-order valence-corrected chi connectivity index (χ0v) is 6.69. The first-order valence-electron chi connectivity index (χ1n) is 3.61. The highest BCUT2D eigenvalue weighted by Crippen LogP contribution is 2.13. The molecule has 0 unspecified atom stereocenters. The molecule has 9 heavy (non-hydrogen) atoms. The van der Waals surface area contributed by atoms with Gasteiger partial charge >= 0.3 is 0 Å². The van der Waals surface area contributed by atoms with E-state index in [1.807, 2.05) is 0 Å². The van der Waals surface area contributed by atoms with Crippen molar-refractivity contribution in [2.75, 3.05) is 25.5 Å². The van der Waals surface area contributed by atoms with Gasteiger partial charge in [0, 0.05) is 19.0 Å². The van der Waals surface area contributed by atoms with Crippen LogP contribution < -0.4 is 0 Å². The largest absolute Gasteiger partial charge is 0.302 e. The Bertz CT molecular complexity index is 83.0. The molecule has 1 saturated heterocycles. The van der Waals surface area contributed by atoms with Crippen molar-refractivity contribution in [3.8, 4) is 0 Å². The van der Waals surface area contributed by atoms with Crippen molar-refractivity contribution in [1.29, 1.82) is 0 Å². The molecule has 54 valence electrons. The van der Waals surface area contributed by atoms with E-state index in [1.54, 1.807) is 0 Å². The smallest absolute Gasteiger partial charge is 0.0351 e. The highest BCUT2D eigenvalue weighted by molar-refractivity contribution is 6.18. The van der Waals surface area contributed by atoms with Gasteiger partial charge in [-0.15, -0.1) is 11.6 Å². The zero-order valence-electron chi connectivity index (χ0n) is 5.94. The van der Waals surface area contributed by atoms with E-state index in [2.05, 4.69) is 11.8 Å². The minimum atomic E-state index is 0.784. The maximum absolute atomic E-state index is 5.59. The number of rotatable bonds is 2. The third kappa shape index (κ3) is 2.15. The fraction of sp³-hybridized carbons (Fsp3) is 1.00. The molecule has 1 aliphatic heterocycles. The van der Waals surface area contributed by atoms with E-state index < -0.39 is 0 Å². The van der Waals surface area contributed by atoms with Crippen LogP contribution in [0.15, 0.2) is 0 Å². The fourth-order valence-corrected chi connectivity index (χ4v) is 1.59. The van der Waals surface area contributed by atoms with E-state index in [4.69, 9.17) is 11.6 Å². The standard InChI is InChI=1S/C7H14ClN/c1-7-2-4-9(6-7)5-3-8/h7H,2-6H2,1H3/t7-/m0/s1. The molecule has 0 amide bonds. The Morgan fingerprint density at radius 2 is 2.44 bits per heavy atom. The molecule has 2 heteroatoms. The lowest BCUT2D eigenvalue weighted by atomic mass is 10.2. The van der Waals surface area contributed by atoms with Crippen LogP contribution in [0.5, 0.6) is 0 Å². The first-order chi connectivity index (χ1) is 4.33. The fourth-order valence-electron chi connectivity index (χ4n) is 1.35. The molecule has 1 aliphatic rings. The first-order valence-corrected chi connectivity index (χ1v) is 4.14. The van der Waals surface area contributed by atoms with E-state index in [1.165, 1.54) is 19.5 Å². The lowest BCUT2D eigenvalue weighted by molar-refractivity contribution is 0.348. The maximum Gasteiger partial charge on any atom is 0.0351 e. The highest BCUT2D eigenvalue weighted by Gasteiger charge is 2.16. The second kappa shape index (κ2) is 3.43. The van der Waals surface area contributed by atoms with Crippen molar-refractivity contribution in [2.45, 2.75) is 13.3 Å². The van der Waals surface area contributed by atoms with E-state index in [9.17, 15) is 0 Å². The predicted molar refractivity (Wildman–Crippen MR) is 40.9 cm³/mol. The summed E-state index contributed by atoms with van der Waals surface area (Å²) in [6.45, 7) is 5.89. The monoisotopic (exact) mass is 147 g/mol. The SMILES string of the molecule is C[C@H]1CCN(CCCl)C1. The van der Waals surface area contributed by atoms with Gasteiger partial charge in [0.15, 0.2) is 0 Å². The number of hydrogen-bond donors (Lipinski definition) is 0. The predicted octanol–water partition coefficient (Wildman–Crippen LogP) is 1.57. The molecule has 0 aromatic rings. The molecular formula is C7H14ClN. The van der Waals surface area contributed by atoms with Crippen LogP contribution in [0.4, 0.5) is 0 Å². The summed E-state index contributed by atoms with van der Waals surface area (Å²) in [6.07, 6.45) is 1.36. The second-order valence-corrected chi connectivity index (χ2v) is 3.26. The molecule has 1 fully saturated rings. The quantitative estimate of drug-likeness (QED) is 0.536. The van der Waals surface area contributed by atoms with Gasteiger partial charge in [0.25, 0.3) is 0 Å². The molecule has 0 aromatic heterocycles. The van der Waals surface area contributed by atoms with Crippen LogP contribution in [-0.4, -0.2) is 30.4 Å². The number of halogens is 1. The van der Waals surface area contributed by atoms with Gasteiger partial charge in [0.05, 0.1) is 0 Å². The lowest BCUT2D eigenvalue weighted by Gasteiger charge is -2.11. The van der Waals surface area contributed by atoms with Gasteiger partial charge in [-0.25, -0.2) is 0 Å². The minimum absolute atomic E-state index is 0.784. The Morgan fingerprint density at radius 3 is 2.89 bits per heavy atom. The van der Waals surface area contributed by atoms with Crippen molar-refractivity contribution in [2.24, 2.45) is 5.92 Å². The van der Waals surface area contributed by atoms with E-state index >= 15 is 0 Å². The van der Waals surface area contributed by atoms with Gasteiger partial charge in [0.2, 0.25) is 0 Å². The van der Waals surface area contributed by atoms with E-state index in [0.29, 0.717) is 0 Å². The van der Waals surface area contributed by atoms with Crippen molar-refractivity contribution < 1.29 is 0 Å². The Kier molecular flexibility index (Phi) is 2.80. The summed E-state index contributed by atoms with van der Waals surface area (Å²) in [6, 6.07) is 0. The molecule has 1 atom stereocenters. The van der Waals surface area contributed by atoms with Crippen LogP contribution in [0.3, 0.4) is 0 Å². The molecule has 0 N–H and O–H groups in total. The Morgan fingerprint density at radius 1 is 1.67 bits per heavy atom. The van der Waals surface area contributed by atoms with Crippen LogP contribution in [-0.2, 0) is 0 Å². The molecule has 0 bridgehead atoms. The number of likely N-dealkylation sites (tertiary alicyclic amines) is 1. The summed E-state index contributed by atoms with van der Waals surface area (Å²) in [4.78, 5) is 2.43. The summed E-state index contributed by atoms with van der Waals surface area (Å²) < 4.78 is 0. The van der Waals surface area contributed by atoms with Crippen LogP contribution in [0, 0.1) is 5.92 Å². The maximum atomic E-state index is 5.59. The van der Waals surface area contributed by atoms with Crippen LogP contribution >= 0.6 is 11.6 Å². The zero-order chi connectivity index (χ0) is 6.69. The van der Waals surface area contributed by atoms with Gasteiger partial charge < -0.3 is 4.90 Å². The molecule has 1 heterocycles. The summed E-state index contributed by atoms with van der Waals surface area (Å²) in [5.41, 5.74) is 0. The van der Waals surface area contributed by atoms with E-state index in [0.717, 1.165) is 18.3 Å². The van der Waals surface area contributed by atoms with Crippen LogP contribution in [0.1, 0.15) is 13.3 Å². The average molecular weight is 148 g/mol. The molecular weight excluding hydrogens is 134 g/mol. The van der Waals surface area contributed by atoms with Crippen molar-refractivity contribution in [3.05, 3.63) is 0 Å². The molecule has 0 saturated carbocycles. The molecule has 0 radical (unpaired) electrons. The summed E-state index contributed by atoms with van der Waals surface area (Å²) >= 11 is 5.59. The average Bonchev–Trinajstić information content (AvgIpc) is 2.17. The first kappa shape index (κ1) is 7.36. The topological polar surface area (TPSA) is 3.24 Å². The molecule has 1 rings (SSSR count). The van der Waals surface area contributed by atoms with Crippen LogP contribution in [0.25, 0.3) is 0 Å². The van der Waals surface area contributed by atoms with E-state index in [-0.39, 0.29) is 0 Å².